The highest BCUT2D eigenvalue weighted by atomic mass is 35.5. The first-order chi connectivity index (χ1) is 12.4. The van der Waals surface area contributed by atoms with Crippen molar-refractivity contribution in [1.82, 2.24) is 9.97 Å². The second-order valence-corrected chi connectivity index (χ2v) is 7.21. The van der Waals surface area contributed by atoms with E-state index in [4.69, 9.17) is 27.9 Å². The average Bonchev–Trinajstić information content (AvgIpc) is 3.16. The third kappa shape index (κ3) is 3.05. The molecule has 2 aromatic rings. The number of nitrogens with one attached hydrogen (secondary N) is 1. The first-order valence-corrected chi connectivity index (χ1v) is 8.76. The molecule has 6 nitrogen and oxygen atoms in total. The minimum Gasteiger partial charge on any atom is -0.390 e. The summed E-state index contributed by atoms with van der Waals surface area (Å²) in [6, 6.07) is 4.79. The predicted octanol–water partition coefficient (Wildman–Crippen LogP) is 2.79. The number of aliphatic hydroxyl groups is 1. The van der Waals surface area contributed by atoms with Gasteiger partial charge in [-0.05, 0) is 23.8 Å². The summed E-state index contributed by atoms with van der Waals surface area (Å²) in [6.07, 6.45) is 0.473. The Bertz CT molecular complexity index is 852. The van der Waals surface area contributed by atoms with Gasteiger partial charge in [0, 0.05) is 30.4 Å². The van der Waals surface area contributed by atoms with Crippen LogP contribution in [0.1, 0.15) is 17.9 Å². The third-order valence-electron chi connectivity index (χ3n) is 4.84. The van der Waals surface area contributed by atoms with Crippen LogP contribution >= 0.6 is 23.2 Å². The molecule has 1 aromatic heterocycles. The number of carbonyl (C=O) groups is 1. The first-order valence-electron chi connectivity index (χ1n) is 8.01. The summed E-state index contributed by atoms with van der Waals surface area (Å²) in [5.74, 6) is -1.31. The number of halogens is 3. The highest BCUT2D eigenvalue weighted by molar-refractivity contribution is 6.42. The minimum atomic E-state index is -0.852. The van der Waals surface area contributed by atoms with Crippen LogP contribution in [0, 0.1) is 12.0 Å². The molecule has 2 aliphatic rings. The third-order valence-corrected chi connectivity index (χ3v) is 5.58. The van der Waals surface area contributed by atoms with Gasteiger partial charge in [0.1, 0.15) is 0 Å². The summed E-state index contributed by atoms with van der Waals surface area (Å²) in [5.41, 5.74) is 1.05. The zero-order valence-electron chi connectivity index (χ0n) is 13.3. The van der Waals surface area contributed by atoms with Gasteiger partial charge in [0.25, 0.3) is 0 Å². The van der Waals surface area contributed by atoms with Crippen LogP contribution in [0.3, 0.4) is 0 Å². The molecule has 1 amide bonds. The number of benzene rings is 1. The van der Waals surface area contributed by atoms with Gasteiger partial charge in [-0.3, -0.25) is 4.79 Å². The molecule has 1 aromatic carbocycles. The zero-order chi connectivity index (χ0) is 18.4. The van der Waals surface area contributed by atoms with E-state index < -0.39 is 36.2 Å². The largest absolute Gasteiger partial charge is 0.390 e. The first kappa shape index (κ1) is 17.6. The Labute approximate surface area is 158 Å². The molecule has 2 bridgehead atoms. The highest BCUT2D eigenvalue weighted by Gasteiger charge is 2.57. The molecule has 0 spiro atoms. The molecule has 0 aliphatic carbocycles. The Morgan fingerprint density at radius 3 is 2.69 bits per heavy atom. The SMILES string of the molecule is O=C(Nc1ccc(Cl)c(Cl)c1)[C@@H]1[C@@H](c2cnc(F)nc2)[C@H]2O[C@@H]1C[C@@H]2O. The number of carbonyl (C=O) groups excluding carboxylic acids is 1. The monoisotopic (exact) mass is 397 g/mol. The fourth-order valence-corrected chi connectivity index (χ4v) is 4.03. The summed E-state index contributed by atoms with van der Waals surface area (Å²) in [4.78, 5) is 20.0. The van der Waals surface area contributed by atoms with Gasteiger partial charge in [-0.1, -0.05) is 23.2 Å². The quantitative estimate of drug-likeness (QED) is 0.777. The summed E-state index contributed by atoms with van der Waals surface area (Å²) < 4.78 is 18.8. The Hall–Kier alpha value is -1.80. The lowest BCUT2D eigenvalue weighted by atomic mass is 9.74. The van der Waals surface area contributed by atoms with Crippen molar-refractivity contribution in [3.63, 3.8) is 0 Å². The average molecular weight is 398 g/mol. The van der Waals surface area contributed by atoms with E-state index in [1.807, 2.05) is 0 Å². The lowest BCUT2D eigenvalue weighted by molar-refractivity contribution is -0.121. The van der Waals surface area contributed by atoms with Crippen LogP contribution in [-0.4, -0.2) is 39.3 Å². The molecule has 5 atom stereocenters. The van der Waals surface area contributed by atoms with Crippen molar-refractivity contribution in [2.24, 2.45) is 5.92 Å². The molecular formula is C17H14Cl2FN3O3. The van der Waals surface area contributed by atoms with Gasteiger partial charge in [-0.2, -0.15) is 4.39 Å². The number of nitrogens with zero attached hydrogens (tertiary/aromatic N) is 2. The molecule has 2 fully saturated rings. The summed E-state index contributed by atoms with van der Waals surface area (Å²) in [5, 5.41) is 13.7. The molecule has 9 heteroatoms. The molecule has 0 radical (unpaired) electrons. The molecular weight excluding hydrogens is 384 g/mol. The topological polar surface area (TPSA) is 84.3 Å². The smallest absolute Gasteiger partial charge is 0.308 e. The fraction of sp³-hybridized carbons (Fsp3) is 0.353. The maximum Gasteiger partial charge on any atom is 0.308 e. The van der Waals surface area contributed by atoms with Crippen LogP contribution in [-0.2, 0) is 9.53 Å². The van der Waals surface area contributed by atoms with Crippen LogP contribution in [0.2, 0.25) is 10.0 Å². The maximum atomic E-state index is 13.0. The second-order valence-electron chi connectivity index (χ2n) is 6.40. The molecule has 26 heavy (non-hydrogen) atoms. The Morgan fingerprint density at radius 2 is 2.00 bits per heavy atom. The van der Waals surface area contributed by atoms with E-state index in [1.165, 1.54) is 12.4 Å². The van der Waals surface area contributed by atoms with E-state index in [-0.39, 0.29) is 5.91 Å². The van der Waals surface area contributed by atoms with Crippen LogP contribution in [0.4, 0.5) is 10.1 Å². The molecule has 136 valence electrons. The molecule has 0 saturated carbocycles. The molecule has 4 rings (SSSR count). The van der Waals surface area contributed by atoms with Crippen molar-refractivity contribution < 1.29 is 19.0 Å². The number of amides is 1. The molecule has 2 saturated heterocycles. The van der Waals surface area contributed by atoms with E-state index in [0.29, 0.717) is 27.7 Å². The van der Waals surface area contributed by atoms with E-state index in [9.17, 15) is 14.3 Å². The predicted molar refractivity (Wildman–Crippen MR) is 92.6 cm³/mol. The lowest BCUT2D eigenvalue weighted by Gasteiger charge is -2.29. The van der Waals surface area contributed by atoms with Crippen molar-refractivity contribution in [2.45, 2.75) is 30.7 Å². The zero-order valence-corrected chi connectivity index (χ0v) is 14.8. The Balaban J connectivity index is 1.61. The fourth-order valence-electron chi connectivity index (χ4n) is 3.73. The number of aromatic nitrogens is 2. The van der Waals surface area contributed by atoms with Crippen LogP contribution in [0.5, 0.6) is 0 Å². The Kier molecular flexibility index (Phi) is 4.56. The summed E-state index contributed by atoms with van der Waals surface area (Å²) in [7, 11) is 0. The van der Waals surface area contributed by atoms with Crippen LogP contribution in [0.15, 0.2) is 30.6 Å². The van der Waals surface area contributed by atoms with Crippen molar-refractivity contribution >= 4 is 34.8 Å². The number of ether oxygens (including phenoxy) is 1. The van der Waals surface area contributed by atoms with Crippen molar-refractivity contribution in [1.29, 1.82) is 0 Å². The maximum absolute atomic E-state index is 13.0. The number of rotatable bonds is 3. The van der Waals surface area contributed by atoms with E-state index in [0.717, 1.165) is 0 Å². The van der Waals surface area contributed by atoms with Gasteiger partial charge in [0.05, 0.1) is 34.3 Å². The molecule has 2 aliphatic heterocycles. The van der Waals surface area contributed by atoms with Gasteiger partial charge < -0.3 is 15.2 Å². The Morgan fingerprint density at radius 1 is 1.27 bits per heavy atom. The summed E-state index contributed by atoms with van der Waals surface area (Å²) in [6.45, 7) is 0. The van der Waals surface area contributed by atoms with Gasteiger partial charge >= 0.3 is 6.08 Å². The van der Waals surface area contributed by atoms with Gasteiger partial charge in [-0.25, -0.2) is 9.97 Å². The van der Waals surface area contributed by atoms with Gasteiger partial charge in [-0.15, -0.1) is 0 Å². The molecule has 0 unspecified atom stereocenters. The van der Waals surface area contributed by atoms with Crippen molar-refractivity contribution in [3.05, 3.63) is 52.3 Å². The van der Waals surface area contributed by atoms with Crippen LogP contribution in [0.25, 0.3) is 0 Å². The minimum absolute atomic E-state index is 0.280. The number of aliphatic hydroxyl groups excluding tert-OH is 1. The number of hydrogen-bond acceptors (Lipinski definition) is 5. The van der Waals surface area contributed by atoms with Gasteiger partial charge in [0.2, 0.25) is 5.91 Å². The second kappa shape index (κ2) is 6.74. The number of anilines is 1. The van der Waals surface area contributed by atoms with E-state index in [1.54, 1.807) is 18.2 Å². The summed E-state index contributed by atoms with van der Waals surface area (Å²) >= 11 is 11.9. The molecule has 3 heterocycles. The van der Waals surface area contributed by atoms with Crippen molar-refractivity contribution in [2.75, 3.05) is 5.32 Å². The number of fused-ring (bicyclic) bond motifs is 2. The highest BCUT2D eigenvalue weighted by Crippen LogP contribution is 2.49. The van der Waals surface area contributed by atoms with E-state index in [2.05, 4.69) is 15.3 Å². The van der Waals surface area contributed by atoms with Crippen molar-refractivity contribution in [3.8, 4) is 0 Å². The molecule has 2 N–H and O–H groups in total. The van der Waals surface area contributed by atoms with Gasteiger partial charge in [0.15, 0.2) is 0 Å². The number of hydrogen-bond donors (Lipinski definition) is 2. The van der Waals surface area contributed by atoms with E-state index >= 15 is 0 Å². The standard InChI is InChI=1S/C17H14Cl2FN3O3/c18-9-2-1-8(3-10(9)19)23-16(25)14-12-4-11(24)15(26-12)13(14)7-5-21-17(20)22-6-7/h1-3,5-6,11-15,24H,4H2,(H,23,25)/t11-,12+,13+,14-,15-/m0/s1. The lowest BCUT2D eigenvalue weighted by Crippen LogP contribution is -2.41. The van der Waals surface area contributed by atoms with Crippen LogP contribution < -0.4 is 5.32 Å². The normalized spacial score (nSPS) is 29.8.